The second-order valence-corrected chi connectivity index (χ2v) is 5.75. The Morgan fingerprint density at radius 2 is 2.06 bits per heavy atom. The molecule has 0 aromatic carbocycles. The summed E-state index contributed by atoms with van der Waals surface area (Å²) in [6.07, 6.45) is 11.0. The van der Waals surface area contributed by atoms with Crippen LogP contribution in [0.15, 0.2) is 0 Å². The Bertz CT molecular complexity index is 205. The van der Waals surface area contributed by atoms with Gasteiger partial charge in [0.1, 0.15) is 0 Å². The van der Waals surface area contributed by atoms with Crippen LogP contribution < -0.4 is 5.73 Å². The molecular formula is C14H28N2. The summed E-state index contributed by atoms with van der Waals surface area (Å²) < 4.78 is 0. The van der Waals surface area contributed by atoms with Crippen LogP contribution in [0.25, 0.3) is 0 Å². The van der Waals surface area contributed by atoms with Gasteiger partial charge in [-0.2, -0.15) is 0 Å². The van der Waals surface area contributed by atoms with Gasteiger partial charge < -0.3 is 10.6 Å². The summed E-state index contributed by atoms with van der Waals surface area (Å²) in [4.78, 5) is 2.77. The third-order valence-corrected chi connectivity index (χ3v) is 4.65. The Morgan fingerprint density at radius 1 is 1.25 bits per heavy atom. The Labute approximate surface area is 101 Å². The molecule has 2 nitrogen and oxygen atoms in total. The van der Waals surface area contributed by atoms with E-state index in [4.69, 9.17) is 5.73 Å². The summed E-state index contributed by atoms with van der Waals surface area (Å²) >= 11 is 0. The van der Waals surface area contributed by atoms with Gasteiger partial charge in [0.15, 0.2) is 0 Å². The van der Waals surface area contributed by atoms with Gasteiger partial charge in [-0.3, -0.25) is 0 Å². The lowest BCUT2D eigenvalue weighted by Gasteiger charge is -2.38. The molecule has 0 amide bonds. The number of nitrogens with two attached hydrogens (primary N) is 1. The summed E-state index contributed by atoms with van der Waals surface area (Å²) in [6.45, 7) is 4.84. The van der Waals surface area contributed by atoms with Gasteiger partial charge in [-0.25, -0.2) is 0 Å². The maximum Gasteiger partial charge on any atom is 0.0123 e. The van der Waals surface area contributed by atoms with Gasteiger partial charge in [0.25, 0.3) is 0 Å². The fourth-order valence-corrected chi connectivity index (χ4v) is 3.60. The Morgan fingerprint density at radius 3 is 2.88 bits per heavy atom. The molecule has 2 heteroatoms. The van der Waals surface area contributed by atoms with Crippen LogP contribution in [0.2, 0.25) is 0 Å². The molecule has 94 valence electrons. The molecule has 1 saturated heterocycles. The molecule has 2 fully saturated rings. The minimum atomic E-state index is 0.434. The van der Waals surface area contributed by atoms with Crippen molar-refractivity contribution in [3.63, 3.8) is 0 Å². The van der Waals surface area contributed by atoms with E-state index in [0.717, 1.165) is 18.4 Å². The van der Waals surface area contributed by atoms with Crippen LogP contribution in [0, 0.1) is 5.92 Å². The van der Waals surface area contributed by atoms with E-state index < -0.39 is 0 Å². The van der Waals surface area contributed by atoms with E-state index in [1.54, 1.807) is 0 Å². The third kappa shape index (κ3) is 2.98. The highest BCUT2D eigenvalue weighted by Crippen LogP contribution is 2.36. The number of fused-ring (bicyclic) bond motifs is 1. The van der Waals surface area contributed by atoms with Crippen molar-refractivity contribution in [3.8, 4) is 0 Å². The number of nitrogens with zero attached hydrogens (tertiary/aromatic N) is 1. The van der Waals surface area contributed by atoms with E-state index in [1.165, 1.54) is 58.0 Å². The second-order valence-electron chi connectivity index (χ2n) is 5.75. The molecule has 1 aliphatic heterocycles. The van der Waals surface area contributed by atoms with Crippen LogP contribution in [-0.4, -0.2) is 30.1 Å². The van der Waals surface area contributed by atoms with Crippen molar-refractivity contribution in [2.45, 2.75) is 70.4 Å². The summed E-state index contributed by atoms with van der Waals surface area (Å²) in [5.41, 5.74) is 5.98. The van der Waals surface area contributed by atoms with E-state index in [0.29, 0.717) is 6.04 Å². The molecule has 2 rings (SSSR count). The van der Waals surface area contributed by atoms with E-state index in [1.807, 2.05) is 0 Å². The van der Waals surface area contributed by atoms with E-state index in [-0.39, 0.29) is 0 Å². The Hall–Kier alpha value is -0.0800. The molecule has 1 aliphatic carbocycles. The molecule has 0 spiro atoms. The normalized spacial score (nSPS) is 32.6. The zero-order chi connectivity index (χ0) is 11.4. The fourth-order valence-electron chi connectivity index (χ4n) is 3.60. The molecule has 3 atom stereocenters. The molecule has 0 radical (unpaired) electrons. The monoisotopic (exact) mass is 224 g/mol. The molecule has 2 aliphatic rings. The molecule has 1 heterocycles. The molecular weight excluding hydrogens is 196 g/mol. The zero-order valence-corrected chi connectivity index (χ0v) is 10.8. The van der Waals surface area contributed by atoms with E-state index >= 15 is 0 Å². The van der Waals surface area contributed by atoms with Crippen LogP contribution in [0.3, 0.4) is 0 Å². The van der Waals surface area contributed by atoms with Crippen LogP contribution in [0.1, 0.15) is 58.3 Å². The lowest BCUT2D eigenvalue weighted by atomic mass is 9.91. The average Bonchev–Trinajstić information content (AvgIpc) is 2.77. The van der Waals surface area contributed by atoms with Gasteiger partial charge in [0.2, 0.25) is 0 Å². The molecule has 3 unspecified atom stereocenters. The lowest BCUT2D eigenvalue weighted by molar-refractivity contribution is 0.110. The second kappa shape index (κ2) is 6.02. The Kier molecular flexibility index (Phi) is 4.66. The number of hydrogen-bond acceptors (Lipinski definition) is 2. The highest BCUT2D eigenvalue weighted by molar-refractivity contribution is 4.89. The fraction of sp³-hybridized carbons (Fsp3) is 1.00. The van der Waals surface area contributed by atoms with Crippen molar-refractivity contribution in [1.82, 2.24) is 4.90 Å². The van der Waals surface area contributed by atoms with Crippen molar-refractivity contribution in [2.24, 2.45) is 11.7 Å². The minimum Gasteiger partial charge on any atom is -0.328 e. The topological polar surface area (TPSA) is 29.3 Å². The highest BCUT2D eigenvalue weighted by atomic mass is 15.2. The molecule has 0 aromatic heterocycles. The number of rotatable bonds is 5. The summed E-state index contributed by atoms with van der Waals surface area (Å²) in [7, 11) is 0. The van der Waals surface area contributed by atoms with Gasteiger partial charge in [0, 0.05) is 12.1 Å². The van der Waals surface area contributed by atoms with Crippen molar-refractivity contribution < 1.29 is 0 Å². The zero-order valence-electron chi connectivity index (χ0n) is 10.8. The number of hydrogen-bond donors (Lipinski definition) is 1. The molecule has 16 heavy (non-hydrogen) atoms. The van der Waals surface area contributed by atoms with E-state index in [2.05, 4.69) is 11.8 Å². The first-order chi connectivity index (χ1) is 7.81. The van der Waals surface area contributed by atoms with Crippen LogP contribution in [0.4, 0.5) is 0 Å². The third-order valence-electron chi connectivity index (χ3n) is 4.65. The number of piperidine rings is 1. The van der Waals surface area contributed by atoms with Crippen LogP contribution in [-0.2, 0) is 0 Å². The van der Waals surface area contributed by atoms with Crippen LogP contribution in [0.5, 0.6) is 0 Å². The predicted octanol–water partition coefficient (Wildman–Crippen LogP) is 2.77. The summed E-state index contributed by atoms with van der Waals surface area (Å²) in [5, 5.41) is 0. The summed E-state index contributed by atoms with van der Waals surface area (Å²) in [5.74, 6) is 1.04. The molecule has 1 saturated carbocycles. The van der Waals surface area contributed by atoms with Crippen molar-refractivity contribution in [3.05, 3.63) is 0 Å². The first-order valence-electron chi connectivity index (χ1n) is 7.31. The quantitative estimate of drug-likeness (QED) is 0.778. The minimum absolute atomic E-state index is 0.434. The first kappa shape index (κ1) is 12.4. The van der Waals surface area contributed by atoms with Crippen molar-refractivity contribution in [1.29, 1.82) is 0 Å². The van der Waals surface area contributed by atoms with Gasteiger partial charge >= 0.3 is 0 Å². The maximum atomic E-state index is 5.98. The Balaban J connectivity index is 1.71. The van der Waals surface area contributed by atoms with Gasteiger partial charge in [-0.15, -0.1) is 0 Å². The van der Waals surface area contributed by atoms with Crippen molar-refractivity contribution >= 4 is 0 Å². The highest BCUT2D eigenvalue weighted by Gasteiger charge is 2.34. The molecule has 2 N–H and O–H groups in total. The van der Waals surface area contributed by atoms with Gasteiger partial charge in [0.05, 0.1) is 0 Å². The first-order valence-corrected chi connectivity index (χ1v) is 7.31. The summed E-state index contributed by atoms with van der Waals surface area (Å²) in [6, 6.07) is 1.37. The van der Waals surface area contributed by atoms with Crippen LogP contribution >= 0.6 is 0 Å². The smallest absolute Gasteiger partial charge is 0.0123 e. The van der Waals surface area contributed by atoms with Gasteiger partial charge in [-0.1, -0.05) is 13.3 Å². The largest absolute Gasteiger partial charge is 0.328 e. The number of likely N-dealkylation sites (tertiary alicyclic amines) is 1. The average molecular weight is 224 g/mol. The lowest BCUT2D eigenvalue weighted by Crippen LogP contribution is -2.43. The molecule has 0 aromatic rings. The van der Waals surface area contributed by atoms with Gasteiger partial charge in [-0.05, 0) is 64.0 Å². The SMILES string of the molecule is CCC(N)CCCN1CCCC2CCCC21. The maximum absolute atomic E-state index is 5.98. The predicted molar refractivity (Wildman–Crippen MR) is 69.4 cm³/mol. The van der Waals surface area contributed by atoms with E-state index in [9.17, 15) is 0 Å². The standard InChI is InChI=1S/C14H28N2/c1-2-13(15)8-5-11-16-10-4-7-12-6-3-9-14(12)16/h12-14H,2-11,15H2,1H3. The molecule has 0 bridgehead atoms. The van der Waals surface area contributed by atoms with Crippen molar-refractivity contribution in [2.75, 3.05) is 13.1 Å².